The lowest BCUT2D eigenvalue weighted by atomic mass is 9.49. The Kier molecular flexibility index (Phi) is 5.82. The molecule has 182 valence electrons. The van der Waals surface area contributed by atoms with E-state index < -0.39 is 41.3 Å². The van der Waals surface area contributed by atoms with Gasteiger partial charge in [-0.25, -0.2) is 9.59 Å². The number of aliphatic carboxylic acids is 2. The first kappa shape index (κ1) is 23.7. The molecule has 6 N–H and O–H groups in total. The van der Waals surface area contributed by atoms with Crippen molar-refractivity contribution in [2.45, 2.75) is 67.2 Å². The van der Waals surface area contributed by atoms with E-state index in [4.69, 9.17) is 29.9 Å². The number of benzene rings is 1. The SMILES string of the molecule is COc1ccc2c3c1O[C@H]1[C@@H](O)CC[C@@]4(O)[C@@H](C2)N(C)CC[C@]314.O=C(O)C(O)C(O)C(=O)O. The molecule has 1 saturated carbocycles. The summed E-state index contributed by atoms with van der Waals surface area (Å²) < 4.78 is 11.8. The third kappa shape index (κ3) is 3.22. The summed E-state index contributed by atoms with van der Waals surface area (Å²) in [6.07, 6.45) is -2.60. The Morgan fingerprint density at radius 2 is 1.82 bits per heavy atom. The average molecular weight is 467 g/mol. The van der Waals surface area contributed by atoms with Crippen LogP contribution >= 0.6 is 0 Å². The third-order valence-corrected chi connectivity index (χ3v) is 7.71. The lowest BCUT2D eigenvalue weighted by Gasteiger charge is -2.63. The Bertz CT molecular complexity index is 951. The molecule has 2 bridgehead atoms. The first-order valence-electron chi connectivity index (χ1n) is 10.8. The van der Waals surface area contributed by atoms with Gasteiger partial charge in [0.05, 0.1) is 24.2 Å². The molecular weight excluding hydrogens is 438 g/mol. The molecule has 0 amide bonds. The second-order valence-electron chi connectivity index (χ2n) is 9.19. The van der Waals surface area contributed by atoms with Gasteiger partial charge in [-0.3, -0.25) is 0 Å². The highest BCUT2D eigenvalue weighted by Gasteiger charge is 2.72. The van der Waals surface area contributed by atoms with Gasteiger partial charge in [0.25, 0.3) is 0 Å². The summed E-state index contributed by atoms with van der Waals surface area (Å²) in [5.41, 5.74) is 0.999. The number of piperidine rings is 1. The van der Waals surface area contributed by atoms with Crippen LogP contribution in [-0.4, -0.2) is 104 Å². The van der Waals surface area contributed by atoms with Gasteiger partial charge in [0, 0.05) is 11.6 Å². The Balaban J connectivity index is 0.000000223. The number of likely N-dealkylation sites (N-methyl/N-ethyl adjacent to an activating group) is 1. The maximum atomic E-state index is 11.8. The number of rotatable bonds is 4. The number of ether oxygens (including phenoxy) is 2. The van der Waals surface area contributed by atoms with Crippen LogP contribution in [0.1, 0.15) is 30.4 Å². The van der Waals surface area contributed by atoms with Crippen molar-refractivity contribution >= 4 is 11.9 Å². The van der Waals surface area contributed by atoms with Crippen molar-refractivity contribution in [1.29, 1.82) is 0 Å². The van der Waals surface area contributed by atoms with E-state index >= 15 is 0 Å². The van der Waals surface area contributed by atoms with Gasteiger partial charge >= 0.3 is 11.9 Å². The van der Waals surface area contributed by atoms with E-state index in [0.717, 1.165) is 30.7 Å². The van der Waals surface area contributed by atoms with Crippen LogP contribution in [0.15, 0.2) is 12.1 Å². The van der Waals surface area contributed by atoms with Gasteiger partial charge in [-0.2, -0.15) is 0 Å². The second kappa shape index (κ2) is 8.10. The van der Waals surface area contributed by atoms with E-state index in [2.05, 4.69) is 18.0 Å². The molecule has 2 fully saturated rings. The zero-order chi connectivity index (χ0) is 24.3. The van der Waals surface area contributed by atoms with Crippen LogP contribution in [0, 0.1) is 0 Å². The molecule has 33 heavy (non-hydrogen) atoms. The van der Waals surface area contributed by atoms with E-state index in [9.17, 15) is 19.8 Å². The Hall–Kier alpha value is -2.44. The van der Waals surface area contributed by atoms with Crippen molar-refractivity contribution < 1.29 is 49.7 Å². The Morgan fingerprint density at radius 1 is 1.18 bits per heavy atom. The fraction of sp³-hybridized carbons (Fsp3) is 0.636. The van der Waals surface area contributed by atoms with E-state index in [1.807, 2.05) is 6.07 Å². The number of likely N-dealkylation sites (tertiary alicyclic amines) is 1. The molecule has 11 nitrogen and oxygen atoms in total. The highest BCUT2D eigenvalue weighted by Crippen LogP contribution is 2.65. The molecule has 2 aliphatic heterocycles. The van der Waals surface area contributed by atoms with E-state index in [1.54, 1.807) is 7.11 Å². The number of hydrogen-bond donors (Lipinski definition) is 6. The molecular formula is C22H29NO10. The number of carboxylic acids is 2. The van der Waals surface area contributed by atoms with E-state index in [0.29, 0.717) is 18.6 Å². The van der Waals surface area contributed by atoms with Crippen molar-refractivity contribution in [1.82, 2.24) is 4.90 Å². The minimum absolute atomic E-state index is 0.0849. The van der Waals surface area contributed by atoms with Crippen molar-refractivity contribution in [3.63, 3.8) is 0 Å². The van der Waals surface area contributed by atoms with Gasteiger partial charge in [0.15, 0.2) is 23.7 Å². The van der Waals surface area contributed by atoms with Crippen molar-refractivity contribution in [3.05, 3.63) is 23.3 Å². The summed E-state index contributed by atoms with van der Waals surface area (Å²) in [5.74, 6) is -2.08. The molecule has 0 aromatic heterocycles. The molecule has 1 aromatic rings. The summed E-state index contributed by atoms with van der Waals surface area (Å²) in [6, 6.07) is 4.15. The zero-order valence-electron chi connectivity index (χ0n) is 18.3. The second-order valence-corrected chi connectivity index (χ2v) is 9.19. The Labute approximate surface area is 189 Å². The minimum atomic E-state index is -2.27. The van der Waals surface area contributed by atoms with E-state index in [-0.39, 0.29) is 12.1 Å². The molecule has 2 aliphatic carbocycles. The van der Waals surface area contributed by atoms with Crippen LogP contribution in [-0.2, 0) is 21.4 Å². The van der Waals surface area contributed by atoms with Crippen molar-refractivity contribution in [2.24, 2.45) is 0 Å². The highest BCUT2D eigenvalue weighted by molar-refractivity contribution is 5.83. The maximum absolute atomic E-state index is 11.8. The lowest BCUT2D eigenvalue weighted by molar-refractivity contribution is -0.204. The summed E-state index contributed by atoms with van der Waals surface area (Å²) in [4.78, 5) is 21.8. The molecule has 7 atom stereocenters. The standard InChI is InChI=1S/C18H23NO4.C4H6O6/c1-19-8-7-17-14-10-3-4-12(22-2)15(14)23-16(17)11(20)5-6-18(17,21)13(19)9-10;5-1(3(7)8)2(6)4(9)10/h3-4,11,13,16,20-21H,5-9H2,1-2H3;1-2,5-6H,(H,7,8)(H,9,10)/t11-,13+,16-,17-,18+;/m0./s1. The zero-order valence-corrected chi connectivity index (χ0v) is 18.3. The molecule has 0 radical (unpaired) electrons. The Morgan fingerprint density at radius 3 is 2.39 bits per heavy atom. The fourth-order valence-corrected chi connectivity index (χ4v) is 6.15. The number of methoxy groups -OCH3 is 1. The van der Waals surface area contributed by atoms with Gasteiger partial charge in [0.2, 0.25) is 0 Å². The summed E-state index contributed by atoms with van der Waals surface area (Å²) in [6.45, 7) is 0.912. The molecule has 4 aliphatic rings. The van der Waals surface area contributed by atoms with Crippen LogP contribution in [0.25, 0.3) is 0 Å². The molecule has 1 saturated heterocycles. The van der Waals surface area contributed by atoms with Crippen molar-refractivity contribution in [3.8, 4) is 11.5 Å². The third-order valence-electron chi connectivity index (χ3n) is 7.71. The van der Waals surface area contributed by atoms with Gasteiger partial charge in [0.1, 0.15) is 6.10 Å². The quantitative estimate of drug-likeness (QED) is 0.311. The van der Waals surface area contributed by atoms with Crippen LogP contribution in [0.3, 0.4) is 0 Å². The van der Waals surface area contributed by atoms with Gasteiger partial charge in [-0.05, 0) is 50.9 Å². The number of hydrogen-bond acceptors (Lipinski definition) is 9. The number of aliphatic hydroxyl groups is 4. The normalized spacial score (nSPS) is 35.3. The number of nitrogens with zero attached hydrogens (tertiary/aromatic N) is 1. The number of aliphatic hydroxyl groups excluding tert-OH is 3. The molecule has 2 heterocycles. The minimum Gasteiger partial charge on any atom is -0.493 e. The van der Waals surface area contributed by atoms with Crippen molar-refractivity contribution in [2.75, 3.05) is 20.7 Å². The number of carboxylic acid groups (broad SMARTS) is 2. The van der Waals surface area contributed by atoms with Crippen LogP contribution in [0.4, 0.5) is 0 Å². The topological polar surface area (TPSA) is 177 Å². The van der Waals surface area contributed by atoms with Crippen LogP contribution in [0.2, 0.25) is 0 Å². The molecule has 5 rings (SSSR count). The number of carbonyl (C=O) groups is 2. The lowest BCUT2D eigenvalue weighted by Crippen LogP contribution is -2.76. The summed E-state index contributed by atoms with van der Waals surface area (Å²) >= 11 is 0. The van der Waals surface area contributed by atoms with Gasteiger partial charge < -0.3 is 45.0 Å². The predicted molar refractivity (Wildman–Crippen MR) is 111 cm³/mol. The van der Waals surface area contributed by atoms with E-state index in [1.165, 1.54) is 5.56 Å². The fourth-order valence-electron chi connectivity index (χ4n) is 6.15. The smallest absolute Gasteiger partial charge is 0.335 e. The monoisotopic (exact) mass is 467 g/mol. The molecule has 1 spiro atoms. The molecule has 2 unspecified atom stereocenters. The summed E-state index contributed by atoms with van der Waals surface area (Å²) in [5, 5.41) is 55.0. The first-order chi connectivity index (χ1) is 15.5. The molecule has 11 heteroatoms. The van der Waals surface area contributed by atoms with Crippen LogP contribution < -0.4 is 9.47 Å². The summed E-state index contributed by atoms with van der Waals surface area (Å²) in [7, 11) is 3.74. The average Bonchev–Trinajstić information content (AvgIpc) is 3.14. The maximum Gasteiger partial charge on any atom is 0.335 e. The van der Waals surface area contributed by atoms with Gasteiger partial charge in [-0.15, -0.1) is 0 Å². The largest absolute Gasteiger partial charge is 0.493 e. The highest BCUT2D eigenvalue weighted by atomic mass is 16.5. The van der Waals surface area contributed by atoms with Gasteiger partial charge in [-0.1, -0.05) is 6.07 Å². The molecule has 1 aromatic carbocycles. The predicted octanol–water partition coefficient (Wildman–Crippen LogP) is -1.28. The van der Waals surface area contributed by atoms with Crippen LogP contribution in [0.5, 0.6) is 11.5 Å². The first-order valence-corrected chi connectivity index (χ1v) is 10.8.